The Labute approximate surface area is 73.2 Å². The third-order valence-corrected chi connectivity index (χ3v) is 2.03. The molecule has 0 aromatic heterocycles. The molecule has 0 saturated carbocycles. The molecule has 0 aliphatic carbocycles. The SMILES string of the molecule is C/C=C/CNC1CCC(=O)NC1. The second-order valence-corrected chi connectivity index (χ2v) is 3.02. The van der Waals surface area contributed by atoms with Crippen molar-refractivity contribution in [3.63, 3.8) is 0 Å². The number of carbonyl (C=O) groups excluding carboxylic acids is 1. The molecule has 3 nitrogen and oxygen atoms in total. The normalized spacial score (nSPS) is 24.4. The monoisotopic (exact) mass is 168 g/mol. The quantitative estimate of drug-likeness (QED) is 0.600. The van der Waals surface area contributed by atoms with Gasteiger partial charge in [0.25, 0.3) is 0 Å². The van der Waals surface area contributed by atoms with Crippen LogP contribution >= 0.6 is 0 Å². The van der Waals surface area contributed by atoms with Gasteiger partial charge in [-0.25, -0.2) is 0 Å². The van der Waals surface area contributed by atoms with Crippen LogP contribution in [-0.4, -0.2) is 25.0 Å². The maximum absolute atomic E-state index is 10.8. The Bertz CT molecular complexity index is 167. The number of rotatable bonds is 3. The second kappa shape index (κ2) is 4.93. The molecule has 1 fully saturated rings. The van der Waals surface area contributed by atoms with Crippen LogP contribution in [-0.2, 0) is 4.79 Å². The zero-order valence-electron chi connectivity index (χ0n) is 7.47. The van der Waals surface area contributed by atoms with E-state index in [1.54, 1.807) is 0 Å². The van der Waals surface area contributed by atoms with Gasteiger partial charge in [0, 0.05) is 25.6 Å². The first-order valence-electron chi connectivity index (χ1n) is 4.44. The van der Waals surface area contributed by atoms with E-state index in [4.69, 9.17) is 0 Å². The van der Waals surface area contributed by atoms with Gasteiger partial charge in [0.1, 0.15) is 0 Å². The fraction of sp³-hybridized carbons (Fsp3) is 0.667. The van der Waals surface area contributed by atoms with Crippen molar-refractivity contribution >= 4 is 5.91 Å². The van der Waals surface area contributed by atoms with Gasteiger partial charge in [-0.15, -0.1) is 0 Å². The van der Waals surface area contributed by atoms with E-state index in [0.717, 1.165) is 19.5 Å². The van der Waals surface area contributed by atoms with Gasteiger partial charge < -0.3 is 10.6 Å². The van der Waals surface area contributed by atoms with Gasteiger partial charge >= 0.3 is 0 Å². The molecule has 0 bridgehead atoms. The minimum absolute atomic E-state index is 0.180. The van der Waals surface area contributed by atoms with Gasteiger partial charge in [-0.05, 0) is 13.3 Å². The molecule has 0 radical (unpaired) electrons. The summed E-state index contributed by atoms with van der Waals surface area (Å²) in [5.74, 6) is 0.180. The summed E-state index contributed by atoms with van der Waals surface area (Å²) < 4.78 is 0. The predicted molar refractivity (Wildman–Crippen MR) is 48.8 cm³/mol. The average Bonchev–Trinajstić information content (AvgIpc) is 2.09. The molecule has 1 unspecified atom stereocenters. The van der Waals surface area contributed by atoms with Crippen molar-refractivity contribution in [2.45, 2.75) is 25.8 Å². The van der Waals surface area contributed by atoms with Crippen LogP contribution in [0.25, 0.3) is 0 Å². The van der Waals surface area contributed by atoms with Gasteiger partial charge in [0.15, 0.2) is 0 Å². The number of hydrogen-bond acceptors (Lipinski definition) is 2. The van der Waals surface area contributed by atoms with Crippen LogP contribution < -0.4 is 10.6 Å². The summed E-state index contributed by atoms with van der Waals surface area (Å²) in [4.78, 5) is 10.8. The van der Waals surface area contributed by atoms with Crippen LogP contribution in [0.3, 0.4) is 0 Å². The fourth-order valence-corrected chi connectivity index (χ4v) is 1.26. The van der Waals surface area contributed by atoms with Crippen molar-refractivity contribution in [3.8, 4) is 0 Å². The lowest BCUT2D eigenvalue weighted by Gasteiger charge is -2.22. The topological polar surface area (TPSA) is 41.1 Å². The molecule has 2 N–H and O–H groups in total. The maximum Gasteiger partial charge on any atom is 0.220 e. The highest BCUT2D eigenvalue weighted by Crippen LogP contribution is 2.01. The van der Waals surface area contributed by atoms with Crippen LogP contribution in [0.2, 0.25) is 0 Å². The number of allylic oxidation sites excluding steroid dienone is 1. The van der Waals surface area contributed by atoms with E-state index in [1.807, 2.05) is 13.0 Å². The van der Waals surface area contributed by atoms with Gasteiger partial charge in [0.05, 0.1) is 0 Å². The molecule has 1 amide bonds. The number of nitrogens with one attached hydrogen (secondary N) is 2. The molecule has 0 aromatic carbocycles. The van der Waals surface area contributed by atoms with Gasteiger partial charge in [-0.2, -0.15) is 0 Å². The highest BCUT2D eigenvalue weighted by atomic mass is 16.1. The lowest BCUT2D eigenvalue weighted by atomic mass is 10.1. The van der Waals surface area contributed by atoms with E-state index in [-0.39, 0.29) is 5.91 Å². The summed E-state index contributed by atoms with van der Waals surface area (Å²) in [6, 6.07) is 0.457. The largest absolute Gasteiger partial charge is 0.355 e. The van der Waals surface area contributed by atoms with E-state index < -0.39 is 0 Å². The van der Waals surface area contributed by atoms with Crippen molar-refractivity contribution in [2.75, 3.05) is 13.1 Å². The first kappa shape index (κ1) is 9.26. The third-order valence-electron chi connectivity index (χ3n) is 2.03. The Morgan fingerprint density at radius 2 is 2.58 bits per heavy atom. The van der Waals surface area contributed by atoms with Crippen molar-refractivity contribution in [1.82, 2.24) is 10.6 Å². The Hall–Kier alpha value is -0.830. The van der Waals surface area contributed by atoms with Crippen molar-refractivity contribution in [1.29, 1.82) is 0 Å². The molecule has 1 heterocycles. The zero-order valence-corrected chi connectivity index (χ0v) is 7.47. The third kappa shape index (κ3) is 3.05. The summed E-state index contributed by atoms with van der Waals surface area (Å²) in [5.41, 5.74) is 0. The van der Waals surface area contributed by atoms with Gasteiger partial charge in [0.2, 0.25) is 5.91 Å². The summed E-state index contributed by atoms with van der Waals surface area (Å²) >= 11 is 0. The average molecular weight is 168 g/mol. The summed E-state index contributed by atoms with van der Waals surface area (Å²) in [6.07, 6.45) is 5.72. The lowest BCUT2D eigenvalue weighted by Crippen LogP contribution is -2.45. The first-order valence-corrected chi connectivity index (χ1v) is 4.44. The van der Waals surface area contributed by atoms with E-state index in [1.165, 1.54) is 0 Å². The number of hydrogen-bond donors (Lipinski definition) is 2. The van der Waals surface area contributed by atoms with E-state index in [2.05, 4.69) is 16.7 Å². The number of carbonyl (C=O) groups is 1. The highest BCUT2D eigenvalue weighted by Gasteiger charge is 2.15. The molecule has 1 aliphatic heterocycles. The van der Waals surface area contributed by atoms with Gasteiger partial charge in [-0.1, -0.05) is 12.2 Å². The van der Waals surface area contributed by atoms with E-state index in [0.29, 0.717) is 12.5 Å². The highest BCUT2D eigenvalue weighted by molar-refractivity contribution is 5.76. The molecule has 12 heavy (non-hydrogen) atoms. The predicted octanol–water partition coefficient (Wildman–Crippen LogP) is 0.431. The summed E-state index contributed by atoms with van der Waals surface area (Å²) in [5, 5.41) is 6.18. The Kier molecular flexibility index (Phi) is 3.80. The summed E-state index contributed by atoms with van der Waals surface area (Å²) in [6.45, 7) is 3.68. The Morgan fingerprint density at radius 1 is 1.75 bits per heavy atom. The molecule has 1 rings (SSSR count). The Balaban J connectivity index is 2.13. The molecule has 1 aliphatic rings. The van der Waals surface area contributed by atoms with Gasteiger partial charge in [-0.3, -0.25) is 4.79 Å². The van der Waals surface area contributed by atoms with Crippen molar-refractivity contribution in [2.24, 2.45) is 0 Å². The Morgan fingerprint density at radius 3 is 3.17 bits per heavy atom. The van der Waals surface area contributed by atoms with E-state index >= 15 is 0 Å². The molecule has 1 atom stereocenters. The first-order chi connectivity index (χ1) is 5.83. The van der Waals surface area contributed by atoms with Crippen LogP contribution in [0.15, 0.2) is 12.2 Å². The van der Waals surface area contributed by atoms with Crippen molar-refractivity contribution in [3.05, 3.63) is 12.2 Å². The molecule has 3 heteroatoms. The molecular formula is C9H16N2O. The van der Waals surface area contributed by atoms with Crippen LogP contribution in [0.1, 0.15) is 19.8 Å². The minimum atomic E-state index is 0.180. The molecule has 68 valence electrons. The molecule has 0 aromatic rings. The second-order valence-electron chi connectivity index (χ2n) is 3.02. The zero-order chi connectivity index (χ0) is 8.81. The minimum Gasteiger partial charge on any atom is -0.355 e. The van der Waals surface area contributed by atoms with Crippen molar-refractivity contribution < 1.29 is 4.79 Å². The lowest BCUT2D eigenvalue weighted by molar-refractivity contribution is -0.122. The smallest absolute Gasteiger partial charge is 0.220 e. The molecule has 1 saturated heterocycles. The molecular weight excluding hydrogens is 152 g/mol. The standard InChI is InChI=1S/C9H16N2O/c1-2-3-6-10-8-4-5-9(12)11-7-8/h2-3,8,10H,4-7H2,1H3,(H,11,12)/b3-2+. The number of piperidine rings is 1. The summed E-state index contributed by atoms with van der Waals surface area (Å²) in [7, 11) is 0. The molecule has 0 spiro atoms. The van der Waals surface area contributed by atoms with Crippen LogP contribution in [0.5, 0.6) is 0 Å². The van der Waals surface area contributed by atoms with Crippen LogP contribution in [0.4, 0.5) is 0 Å². The maximum atomic E-state index is 10.8. The fourth-order valence-electron chi connectivity index (χ4n) is 1.26. The number of amides is 1. The van der Waals surface area contributed by atoms with Crippen LogP contribution in [0, 0.1) is 0 Å². The van der Waals surface area contributed by atoms with E-state index in [9.17, 15) is 4.79 Å².